The first-order valence-corrected chi connectivity index (χ1v) is 8.05. The van der Waals surface area contributed by atoms with Gasteiger partial charge in [-0.1, -0.05) is 24.3 Å². The van der Waals surface area contributed by atoms with Crippen LogP contribution in [-0.2, 0) is 9.53 Å². The van der Waals surface area contributed by atoms with Crippen LogP contribution in [-0.4, -0.2) is 49.0 Å². The van der Waals surface area contributed by atoms with Crippen molar-refractivity contribution in [1.29, 1.82) is 0 Å². The number of hydrogen-bond donors (Lipinski definition) is 1. The summed E-state index contributed by atoms with van der Waals surface area (Å²) in [5, 5.41) is 2.41. The number of imide groups is 1. The first-order valence-electron chi connectivity index (χ1n) is 8.05. The lowest BCUT2D eigenvalue weighted by atomic mass is 10.1. The number of ether oxygens (including phenoxy) is 2. The average molecular weight is 368 g/mol. The summed E-state index contributed by atoms with van der Waals surface area (Å²) in [7, 11) is 1.43. The van der Waals surface area contributed by atoms with Gasteiger partial charge in [-0.3, -0.25) is 19.2 Å². The first-order chi connectivity index (χ1) is 13.0. The summed E-state index contributed by atoms with van der Waals surface area (Å²) >= 11 is 0. The van der Waals surface area contributed by atoms with Crippen LogP contribution in [0.15, 0.2) is 48.5 Å². The third kappa shape index (κ3) is 3.64. The van der Waals surface area contributed by atoms with Crippen LogP contribution < -0.4 is 10.1 Å². The van der Waals surface area contributed by atoms with Crippen molar-refractivity contribution in [3.05, 3.63) is 65.2 Å². The Kier molecular flexibility index (Phi) is 5.16. The fourth-order valence-electron chi connectivity index (χ4n) is 2.62. The van der Waals surface area contributed by atoms with Crippen molar-refractivity contribution >= 4 is 23.7 Å². The van der Waals surface area contributed by atoms with Gasteiger partial charge in [0.05, 0.1) is 23.8 Å². The summed E-state index contributed by atoms with van der Waals surface area (Å²) in [6, 6.07) is 12.9. The van der Waals surface area contributed by atoms with Crippen molar-refractivity contribution in [3.8, 4) is 5.75 Å². The number of nitrogens with one attached hydrogen (secondary N) is 1. The van der Waals surface area contributed by atoms with Crippen LogP contribution in [0.3, 0.4) is 0 Å². The molecule has 0 saturated carbocycles. The van der Waals surface area contributed by atoms with Crippen LogP contribution in [0.2, 0.25) is 0 Å². The summed E-state index contributed by atoms with van der Waals surface area (Å²) in [5.41, 5.74) is 0.805. The molecule has 0 saturated heterocycles. The van der Waals surface area contributed by atoms with Gasteiger partial charge in [-0.15, -0.1) is 0 Å². The maximum Gasteiger partial charge on any atom is 0.327 e. The molecule has 2 aromatic rings. The Labute approximate surface area is 154 Å². The minimum atomic E-state index is -0.783. The third-order valence-corrected chi connectivity index (χ3v) is 3.98. The van der Waals surface area contributed by atoms with Gasteiger partial charge < -0.3 is 14.8 Å². The molecule has 0 atom stereocenters. The molecule has 1 aliphatic heterocycles. The van der Waals surface area contributed by atoms with Gasteiger partial charge in [0.1, 0.15) is 12.3 Å². The summed E-state index contributed by atoms with van der Waals surface area (Å²) in [6.07, 6.45) is 0. The van der Waals surface area contributed by atoms with E-state index in [9.17, 15) is 19.2 Å². The van der Waals surface area contributed by atoms with E-state index >= 15 is 0 Å². The molecule has 0 aromatic heterocycles. The van der Waals surface area contributed by atoms with Crippen LogP contribution in [0.4, 0.5) is 0 Å². The number of carbonyl (C=O) groups excluding carboxylic acids is 4. The molecule has 3 amide bonds. The second-order valence-electron chi connectivity index (χ2n) is 5.61. The van der Waals surface area contributed by atoms with Crippen molar-refractivity contribution in [1.82, 2.24) is 10.2 Å². The Hall–Kier alpha value is -3.68. The molecule has 8 nitrogen and oxygen atoms in total. The van der Waals surface area contributed by atoms with Gasteiger partial charge in [-0.2, -0.15) is 0 Å². The predicted molar refractivity (Wildman–Crippen MR) is 93.2 cm³/mol. The second-order valence-corrected chi connectivity index (χ2v) is 5.61. The largest absolute Gasteiger partial charge is 0.496 e. The Morgan fingerprint density at radius 3 is 2.19 bits per heavy atom. The van der Waals surface area contributed by atoms with Crippen LogP contribution in [0, 0.1) is 0 Å². The predicted octanol–water partition coefficient (Wildman–Crippen LogP) is 1.22. The average Bonchev–Trinajstić information content (AvgIpc) is 2.95. The fraction of sp³-hybridized carbons (Fsp3) is 0.158. The molecule has 0 radical (unpaired) electrons. The third-order valence-electron chi connectivity index (χ3n) is 3.98. The number of fused-ring (bicyclic) bond motifs is 1. The molecule has 1 heterocycles. The highest BCUT2D eigenvalue weighted by atomic mass is 16.5. The number of benzene rings is 2. The van der Waals surface area contributed by atoms with Gasteiger partial charge in [0.25, 0.3) is 17.7 Å². The van der Waals surface area contributed by atoms with Gasteiger partial charge in [0.2, 0.25) is 0 Å². The Bertz CT molecular complexity index is 889. The zero-order chi connectivity index (χ0) is 19.4. The maximum absolute atomic E-state index is 12.2. The highest BCUT2D eigenvalue weighted by Gasteiger charge is 2.35. The topological polar surface area (TPSA) is 102 Å². The summed E-state index contributed by atoms with van der Waals surface area (Å²) < 4.78 is 10.0. The number of carbonyl (C=O) groups is 4. The molecule has 27 heavy (non-hydrogen) atoms. The molecular formula is C19H16N2O6. The van der Waals surface area contributed by atoms with E-state index in [0.29, 0.717) is 5.75 Å². The van der Waals surface area contributed by atoms with E-state index < -0.39 is 37.0 Å². The lowest BCUT2D eigenvalue weighted by Crippen LogP contribution is -2.36. The van der Waals surface area contributed by atoms with E-state index in [1.807, 2.05) is 0 Å². The van der Waals surface area contributed by atoms with Crippen molar-refractivity contribution in [2.45, 2.75) is 0 Å². The number of amides is 3. The molecule has 1 aliphatic rings. The summed E-state index contributed by atoms with van der Waals surface area (Å²) in [5.74, 6) is -1.97. The van der Waals surface area contributed by atoms with E-state index in [1.54, 1.807) is 36.4 Å². The SMILES string of the molecule is COc1ccccc1C(=O)NCC(=O)OCN1C(=O)c2ccccc2C1=O. The summed E-state index contributed by atoms with van der Waals surface area (Å²) in [6.45, 7) is -0.935. The van der Waals surface area contributed by atoms with Gasteiger partial charge >= 0.3 is 5.97 Å². The zero-order valence-corrected chi connectivity index (χ0v) is 14.4. The van der Waals surface area contributed by atoms with E-state index in [1.165, 1.54) is 19.2 Å². The highest BCUT2D eigenvalue weighted by Crippen LogP contribution is 2.22. The van der Waals surface area contributed by atoms with Crippen LogP contribution in [0.5, 0.6) is 5.75 Å². The smallest absolute Gasteiger partial charge is 0.327 e. The molecule has 0 aliphatic carbocycles. The number of hydrogen-bond acceptors (Lipinski definition) is 6. The summed E-state index contributed by atoms with van der Waals surface area (Å²) in [4.78, 5) is 49.2. The standard InChI is InChI=1S/C19H16N2O6/c1-26-15-9-5-4-8-14(15)17(23)20-10-16(22)27-11-21-18(24)12-6-2-3-7-13(12)19(21)25/h2-9H,10-11H2,1H3,(H,20,23). The van der Waals surface area contributed by atoms with Crippen molar-refractivity contribution in [3.63, 3.8) is 0 Å². The van der Waals surface area contributed by atoms with Crippen LogP contribution in [0.25, 0.3) is 0 Å². The van der Waals surface area contributed by atoms with Gasteiger partial charge in [0, 0.05) is 0 Å². The molecule has 0 bridgehead atoms. The molecular weight excluding hydrogens is 352 g/mol. The van der Waals surface area contributed by atoms with E-state index in [4.69, 9.17) is 9.47 Å². The maximum atomic E-state index is 12.2. The molecule has 0 unspecified atom stereocenters. The lowest BCUT2D eigenvalue weighted by molar-refractivity contribution is -0.145. The molecule has 0 fully saturated rings. The van der Waals surface area contributed by atoms with E-state index in [0.717, 1.165) is 4.90 Å². The normalized spacial score (nSPS) is 12.6. The second kappa shape index (κ2) is 7.69. The monoisotopic (exact) mass is 368 g/mol. The molecule has 2 aromatic carbocycles. The highest BCUT2D eigenvalue weighted by molar-refractivity contribution is 6.21. The van der Waals surface area contributed by atoms with Gasteiger partial charge in [-0.05, 0) is 24.3 Å². The molecule has 138 valence electrons. The Morgan fingerprint density at radius 1 is 0.963 bits per heavy atom. The van der Waals surface area contributed by atoms with E-state index in [2.05, 4.69) is 5.32 Å². The van der Waals surface area contributed by atoms with Crippen molar-refractivity contribution < 1.29 is 28.7 Å². The molecule has 8 heteroatoms. The Balaban J connectivity index is 1.53. The number of esters is 1. The molecule has 0 spiro atoms. The lowest BCUT2D eigenvalue weighted by Gasteiger charge is -2.14. The number of methoxy groups -OCH3 is 1. The first kappa shape index (κ1) is 18.1. The number of nitrogens with zero attached hydrogens (tertiary/aromatic N) is 1. The molecule has 1 N–H and O–H groups in total. The van der Waals surface area contributed by atoms with E-state index in [-0.39, 0.29) is 16.7 Å². The van der Waals surface area contributed by atoms with Gasteiger partial charge in [0.15, 0.2) is 6.73 Å². The van der Waals surface area contributed by atoms with Crippen LogP contribution in [0.1, 0.15) is 31.1 Å². The number of para-hydroxylation sites is 1. The van der Waals surface area contributed by atoms with Gasteiger partial charge in [-0.25, -0.2) is 4.90 Å². The zero-order valence-electron chi connectivity index (χ0n) is 14.4. The van der Waals surface area contributed by atoms with Crippen molar-refractivity contribution in [2.75, 3.05) is 20.4 Å². The minimum absolute atomic E-state index is 0.267. The quantitative estimate of drug-likeness (QED) is 0.608. The minimum Gasteiger partial charge on any atom is -0.496 e. The van der Waals surface area contributed by atoms with Crippen molar-refractivity contribution in [2.24, 2.45) is 0 Å². The molecule has 3 rings (SSSR count). The Morgan fingerprint density at radius 2 is 1.56 bits per heavy atom. The number of rotatable bonds is 6. The van der Waals surface area contributed by atoms with Crippen LogP contribution >= 0.6 is 0 Å². The fourth-order valence-corrected chi connectivity index (χ4v) is 2.62.